The van der Waals surface area contributed by atoms with Crippen molar-refractivity contribution in [2.24, 2.45) is 11.7 Å². The molecular formula is C20H22N4O4. The molecule has 0 radical (unpaired) electrons. The molecular weight excluding hydrogens is 360 g/mol. The number of anilines is 1. The number of rotatable bonds is 4. The summed E-state index contributed by atoms with van der Waals surface area (Å²) in [5.74, 6) is -2.54. The molecule has 3 amide bonds. The molecule has 1 aliphatic rings. The van der Waals surface area contributed by atoms with Crippen LogP contribution in [0.1, 0.15) is 34.8 Å². The molecule has 1 aromatic carbocycles. The number of nitrogens with two attached hydrogens (primary N) is 1. The maximum absolute atomic E-state index is 12.9. The second kappa shape index (κ2) is 8.62. The highest BCUT2D eigenvalue weighted by Gasteiger charge is 2.35. The number of pyridine rings is 1. The van der Waals surface area contributed by atoms with Crippen molar-refractivity contribution in [1.29, 1.82) is 0 Å². The van der Waals surface area contributed by atoms with Crippen molar-refractivity contribution in [2.45, 2.75) is 18.9 Å². The van der Waals surface area contributed by atoms with E-state index in [2.05, 4.69) is 10.3 Å². The smallest absolute Gasteiger partial charge is 0.315 e. The second-order valence-electron chi connectivity index (χ2n) is 6.73. The first-order chi connectivity index (χ1) is 13.5. The number of aliphatic hydroxyl groups is 1. The fraction of sp³-hybridized carbons (Fsp3) is 0.300. The van der Waals surface area contributed by atoms with E-state index in [9.17, 15) is 19.5 Å². The lowest BCUT2D eigenvalue weighted by Gasteiger charge is -2.39. The van der Waals surface area contributed by atoms with Gasteiger partial charge in [0.05, 0.1) is 11.6 Å². The standard InChI is InChI=1S/C20H22N4O4/c21-17(26)15-7-4-10-22-18(15)23-19(27)20(28)24-11-13(12-25)8-9-16(24)14-5-2-1-3-6-14/h1-7,10,13,16,25H,8-9,11-12H2,(H2,21,26)(H,22,23,27). The average Bonchev–Trinajstić information content (AvgIpc) is 2.73. The number of hydrogen-bond donors (Lipinski definition) is 3. The zero-order valence-electron chi connectivity index (χ0n) is 15.2. The van der Waals surface area contributed by atoms with Gasteiger partial charge in [-0.3, -0.25) is 14.4 Å². The molecule has 0 saturated carbocycles. The highest BCUT2D eigenvalue weighted by atomic mass is 16.3. The van der Waals surface area contributed by atoms with Gasteiger partial charge in [-0.05, 0) is 36.5 Å². The summed E-state index contributed by atoms with van der Waals surface area (Å²) in [5, 5.41) is 11.9. The number of likely N-dealkylation sites (tertiary alicyclic amines) is 1. The Morgan fingerprint density at radius 3 is 2.57 bits per heavy atom. The number of carbonyl (C=O) groups excluding carboxylic acids is 3. The molecule has 1 aliphatic heterocycles. The third kappa shape index (κ3) is 4.17. The van der Waals surface area contributed by atoms with E-state index >= 15 is 0 Å². The zero-order chi connectivity index (χ0) is 20.1. The molecule has 8 nitrogen and oxygen atoms in total. The lowest BCUT2D eigenvalue weighted by molar-refractivity contribution is -0.147. The van der Waals surface area contributed by atoms with E-state index in [4.69, 9.17) is 5.73 Å². The monoisotopic (exact) mass is 382 g/mol. The van der Waals surface area contributed by atoms with Crippen molar-refractivity contribution in [1.82, 2.24) is 9.88 Å². The van der Waals surface area contributed by atoms with Crippen LogP contribution in [0.2, 0.25) is 0 Å². The minimum atomic E-state index is -0.902. The second-order valence-corrected chi connectivity index (χ2v) is 6.73. The Labute approximate surface area is 162 Å². The van der Waals surface area contributed by atoms with Crippen LogP contribution in [0.4, 0.5) is 5.82 Å². The van der Waals surface area contributed by atoms with Crippen LogP contribution >= 0.6 is 0 Å². The molecule has 2 atom stereocenters. The number of amides is 3. The van der Waals surface area contributed by atoms with Gasteiger partial charge < -0.3 is 21.1 Å². The quantitative estimate of drug-likeness (QED) is 0.683. The maximum atomic E-state index is 12.9. The van der Waals surface area contributed by atoms with Crippen LogP contribution in [-0.2, 0) is 9.59 Å². The third-order valence-electron chi connectivity index (χ3n) is 4.88. The lowest BCUT2D eigenvalue weighted by Crippen LogP contribution is -2.47. The van der Waals surface area contributed by atoms with Crippen molar-refractivity contribution in [3.05, 3.63) is 59.8 Å². The summed E-state index contributed by atoms with van der Waals surface area (Å²) in [4.78, 5) is 42.4. The summed E-state index contributed by atoms with van der Waals surface area (Å²) >= 11 is 0. The van der Waals surface area contributed by atoms with Crippen LogP contribution in [-0.4, -0.2) is 45.9 Å². The predicted molar refractivity (Wildman–Crippen MR) is 102 cm³/mol. The van der Waals surface area contributed by atoms with Gasteiger partial charge in [0.2, 0.25) is 0 Å². The van der Waals surface area contributed by atoms with Crippen molar-refractivity contribution < 1.29 is 19.5 Å². The molecule has 146 valence electrons. The van der Waals surface area contributed by atoms with E-state index < -0.39 is 17.7 Å². The van der Waals surface area contributed by atoms with Gasteiger partial charge in [-0.2, -0.15) is 0 Å². The highest BCUT2D eigenvalue weighted by molar-refractivity contribution is 6.39. The number of benzene rings is 1. The zero-order valence-corrected chi connectivity index (χ0v) is 15.2. The normalized spacial score (nSPS) is 19.1. The van der Waals surface area contributed by atoms with E-state index in [1.807, 2.05) is 30.3 Å². The van der Waals surface area contributed by atoms with Gasteiger partial charge in [-0.15, -0.1) is 0 Å². The SMILES string of the molecule is NC(=O)c1cccnc1NC(=O)C(=O)N1CC(CO)CCC1c1ccccc1. The van der Waals surface area contributed by atoms with Gasteiger partial charge in [0.15, 0.2) is 0 Å². The summed E-state index contributed by atoms with van der Waals surface area (Å²) in [6.45, 7) is 0.214. The highest BCUT2D eigenvalue weighted by Crippen LogP contribution is 2.33. The first kappa shape index (κ1) is 19.5. The summed E-state index contributed by atoms with van der Waals surface area (Å²) in [6.07, 6.45) is 2.79. The Kier molecular flexibility index (Phi) is 6.00. The van der Waals surface area contributed by atoms with Gasteiger partial charge in [-0.1, -0.05) is 30.3 Å². The minimum Gasteiger partial charge on any atom is -0.396 e. The van der Waals surface area contributed by atoms with Crippen LogP contribution in [0.15, 0.2) is 48.7 Å². The Bertz CT molecular complexity index is 872. The first-order valence-electron chi connectivity index (χ1n) is 9.03. The number of nitrogens with zero attached hydrogens (tertiary/aromatic N) is 2. The molecule has 0 spiro atoms. The molecule has 1 fully saturated rings. The summed E-state index contributed by atoms with van der Waals surface area (Å²) in [6, 6.07) is 12.1. The van der Waals surface area contributed by atoms with E-state index in [-0.39, 0.29) is 36.5 Å². The molecule has 8 heteroatoms. The van der Waals surface area contributed by atoms with Gasteiger partial charge in [0.1, 0.15) is 5.82 Å². The Morgan fingerprint density at radius 1 is 1.14 bits per heavy atom. The summed E-state index contributed by atoms with van der Waals surface area (Å²) < 4.78 is 0. The number of aliphatic hydroxyl groups excluding tert-OH is 1. The molecule has 1 saturated heterocycles. The molecule has 3 rings (SSSR count). The Balaban J connectivity index is 1.83. The molecule has 0 aliphatic carbocycles. The van der Waals surface area contributed by atoms with Gasteiger partial charge in [0.25, 0.3) is 5.91 Å². The average molecular weight is 382 g/mol. The molecule has 2 heterocycles. The number of piperidine rings is 1. The summed E-state index contributed by atoms with van der Waals surface area (Å²) in [5.41, 5.74) is 6.24. The summed E-state index contributed by atoms with van der Waals surface area (Å²) in [7, 11) is 0. The van der Waals surface area contributed by atoms with Crippen LogP contribution < -0.4 is 11.1 Å². The van der Waals surface area contributed by atoms with Gasteiger partial charge >= 0.3 is 11.8 Å². The van der Waals surface area contributed by atoms with Crippen molar-refractivity contribution in [3.63, 3.8) is 0 Å². The van der Waals surface area contributed by atoms with Crippen LogP contribution in [0, 0.1) is 5.92 Å². The van der Waals surface area contributed by atoms with Crippen molar-refractivity contribution >= 4 is 23.5 Å². The topological polar surface area (TPSA) is 126 Å². The molecule has 1 aromatic heterocycles. The van der Waals surface area contributed by atoms with Gasteiger partial charge in [0, 0.05) is 19.3 Å². The van der Waals surface area contributed by atoms with E-state index in [1.165, 1.54) is 23.2 Å². The first-order valence-corrected chi connectivity index (χ1v) is 9.03. The number of aromatic nitrogens is 1. The molecule has 4 N–H and O–H groups in total. The van der Waals surface area contributed by atoms with E-state index in [0.717, 1.165) is 12.0 Å². The largest absolute Gasteiger partial charge is 0.396 e. The Hall–Kier alpha value is -3.26. The minimum absolute atomic E-state index is 0.0233. The van der Waals surface area contributed by atoms with Gasteiger partial charge in [-0.25, -0.2) is 4.98 Å². The van der Waals surface area contributed by atoms with E-state index in [0.29, 0.717) is 6.42 Å². The van der Waals surface area contributed by atoms with E-state index in [1.54, 1.807) is 0 Å². The van der Waals surface area contributed by atoms with Crippen molar-refractivity contribution in [2.75, 3.05) is 18.5 Å². The number of nitrogens with one attached hydrogen (secondary N) is 1. The molecule has 2 unspecified atom stereocenters. The number of primary amides is 1. The predicted octanol–water partition coefficient (Wildman–Crippen LogP) is 1.09. The fourth-order valence-corrected chi connectivity index (χ4v) is 3.44. The molecule has 28 heavy (non-hydrogen) atoms. The number of carbonyl (C=O) groups is 3. The Morgan fingerprint density at radius 2 is 1.89 bits per heavy atom. The third-order valence-corrected chi connectivity index (χ3v) is 4.88. The lowest BCUT2D eigenvalue weighted by atomic mass is 9.89. The number of hydrogen-bond acceptors (Lipinski definition) is 5. The fourth-order valence-electron chi connectivity index (χ4n) is 3.44. The van der Waals surface area contributed by atoms with Crippen LogP contribution in [0.25, 0.3) is 0 Å². The molecule has 2 aromatic rings. The molecule has 0 bridgehead atoms. The van der Waals surface area contributed by atoms with Crippen molar-refractivity contribution in [3.8, 4) is 0 Å². The van der Waals surface area contributed by atoms with Crippen LogP contribution in [0.3, 0.4) is 0 Å². The maximum Gasteiger partial charge on any atom is 0.315 e. The van der Waals surface area contributed by atoms with Crippen LogP contribution in [0.5, 0.6) is 0 Å².